The van der Waals surface area contributed by atoms with E-state index in [1.165, 1.54) is 43.5 Å². The third kappa shape index (κ3) is 3.89. The van der Waals surface area contributed by atoms with Crippen LogP contribution in [0.25, 0.3) is 10.8 Å². The molecule has 4 aromatic carbocycles. The molecule has 0 heterocycles. The van der Waals surface area contributed by atoms with Crippen LogP contribution in [0.1, 0.15) is 27.8 Å². The van der Waals surface area contributed by atoms with Crippen molar-refractivity contribution in [3.63, 3.8) is 0 Å². The zero-order valence-electron chi connectivity index (χ0n) is 18.7. The molecule has 5 rings (SSSR count). The van der Waals surface area contributed by atoms with E-state index < -0.39 is 0 Å². The van der Waals surface area contributed by atoms with Gasteiger partial charge >= 0.3 is 0 Å². The first kappa shape index (κ1) is 20.7. The molecule has 0 aromatic heterocycles. The van der Waals surface area contributed by atoms with Crippen LogP contribution in [-0.2, 0) is 0 Å². The smallest absolute Gasteiger partial charge is 0.0974 e. The van der Waals surface area contributed by atoms with Crippen molar-refractivity contribution in [3.8, 4) is 0 Å². The fourth-order valence-corrected chi connectivity index (χ4v) is 5.33. The maximum atomic E-state index is 5.24. The molecule has 0 fully saturated rings. The third-order valence-corrected chi connectivity index (χ3v) is 6.86. The molecule has 0 amide bonds. The fraction of sp³-hybridized carbons (Fsp3) is 0.172. The summed E-state index contributed by atoms with van der Waals surface area (Å²) in [4.78, 5) is 11.6. The molecule has 2 nitrogen and oxygen atoms in total. The maximum Gasteiger partial charge on any atom is 0.0974 e. The first-order chi connectivity index (χ1) is 15.6. The minimum Gasteiger partial charge on any atom is -0.282 e. The van der Waals surface area contributed by atoms with Crippen molar-refractivity contribution in [2.75, 3.05) is 12.3 Å². The van der Waals surface area contributed by atoms with Crippen LogP contribution in [0.3, 0.4) is 0 Å². The molecule has 0 unspecified atom stereocenters. The van der Waals surface area contributed by atoms with Gasteiger partial charge in [-0.3, -0.25) is 4.99 Å². The van der Waals surface area contributed by atoms with Crippen LogP contribution in [0.5, 0.6) is 0 Å². The topological polar surface area (TPSA) is 24.7 Å². The lowest BCUT2D eigenvalue weighted by atomic mass is 10.0. The maximum absolute atomic E-state index is 5.24. The van der Waals surface area contributed by atoms with E-state index in [1.54, 1.807) is 0 Å². The summed E-state index contributed by atoms with van der Waals surface area (Å²) < 4.78 is 0. The minimum absolute atomic E-state index is 0.754. The largest absolute Gasteiger partial charge is 0.282 e. The van der Waals surface area contributed by atoms with Gasteiger partial charge in [-0.2, -0.15) is 0 Å². The highest BCUT2D eigenvalue weighted by Gasteiger charge is 2.27. The summed E-state index contributed by atoms with van der Waals surface area (Å²) in [5.74, 6) is 0.940. The summed E-state index contributed by atoms with van der Waals surface area (Å²) in [6, 6.07) is 27.9. The van der Waals surface area contributed by atoms with Crippen LogP contribution in [0.15, 0.2) is 93.7 Å². The summed E-state index contributed by atoms with van der Waals surface area (Å²) in [5.41, 5.74) is 9.14. The van der Waals surface area contributed by atoms with Gasteiger partial charge in [-0.25, -0.2) is 4.99 Å². The van der Waals surface area contributed by atoms with Crippen molar-refractivity contribution in [2.24, 2.45) is 9.98 Å². The number of benzene rings is 4. The Hall–Kier alpha value is -3.17. The number of rotatable bonds is 5. The van der Waals surface area contributed by atoms with Gasteiger partial charge < -0.3 is 0 Å². The molecule has 1 aliphatic rings. The van der Waals surface area contributed by atoms with Crippen molar-refractivity contribution in [1.29, 1.82) is 0 Å². The normalized spacial score (nSPS) is 15.2. The van der Waals surface area contributed by atoms with Gasteiger partial charge in [-0.1, -0.05) is 72.3 Å². The summed E-state index contributed by atoms with van der Waals surface area (Å²) in [7, 11) is 0. The second-order valence-electron chi connectivity index (χ2n) is 8.31. The van der Waals surface area contributed by atoms with Gasteiger partial charge in [0.25, 0.3) is 0 Å². The highest BCUT2D eigenvalue weighted by atomic mass is 32.2. The quantitative estimate of drug-likeness (QED) is 0.236. The van der Waals surface area contributed by atoms with Crippen LogP contribution in [-0.4, -0.2) is 23.7 Å². The first-order valence-corrected chi connectivity index (χ1v) is 12.0. The Labute approximate surface area is 194 Å². The molecule has 0 atom stereocenters. The first-order valence-electron chi connectivity index (χ1n) is 11.0. The van der Waals surface area contributed by atoms with Crippen molar-refractivity contribution in [2.45, 2.75) is 25.7 Å². The molecule has 0 saturated heterocycles. The molecular formula is C29H26N2S. The van der Waals surface area contributed by atoms with E-state index in [2.05, 4.69) is 99.6 Å². The standard InChI is InChI=1S/C29H26N2S/c1-19-17-20(2)27(21(3)18-19)31-29-25-14-8-10-22-9-7-13-24(26(22)25)28(29)30-15-16-32-23-11-5-4-6-12-23/h4-14,17-18H,15-16H2,1-3H3. The van der Waals surface area contributed by atoms with Gasteiger partial charge in [0.05, 0.1) is 17.1 Å². The second kappa shape index (κ2) is 8.76. The lowest BCUT2D eigenvalue weighted by molar-refractivity contribution is 1.15. The van der Waals surface area contributed by atoms with Gasteiger partial charge in [0, 0.05) is 33.7 Å². The van der Waals surface area contributed by atoms with Crippen molar-refractivity contribution in [3.05, 3.63) is 107 Å². The van der Waals surface area contributed by atoms with Crippen molar-refractivity contribution in [1.82, 2.24) is 0 Å². The summed E-state index contributed by atoms with van der Waals surface area (Å²) in [5, 5.41) is 2.51. The molecule has 0 N–H and O–H groups in total. The van der Waals surface area contributed by atoms with E-state index in [4.69, 9.17) is 9.98 Å². The lowest BCUT2D eigenvalue weighted by Gasteiger charge is -2.10. The summed E-state index contributed by atoms with van der Waals surface area (Å²) in [6.45, 7) is 7.19. The molecule has 4 aromatic rings. The highest BCUT2D eigenvalue weighted by molar-refractivity contribution is 7.99. The molecule has 158 valence electrons. The number of nitrogens with zero attached hydrogens (tertiary/aromatic N) is 2. The van der Waals surface area contributed by atoms with Gasteiger partial charge in [0.15, 0.2) is 0 Å². The molecule has 0 saturated carbocycles. The predicted octanol–water partition coefficient (Wildman–Crippen LogP) is 7.48. The van der Waals surface area contributed by atoms with Crippen molar-refractivity contribution < 1.29 is 0 Å². The average molecular weight is 435 g/mol. The number of aliphatic imine (C=N–C) groups is 2. The zero-order valence-corrected chi connectivity index (χ0v) is 19.5. The molecule has 0 bridgehead atoms. The van der Waals surface area contributed by atoms with Crippen LogP contribution in [0.4, 0.5) is 5.69 Å². The van der Waals surface area contributed by atoms with Crippen LogP contribution in [0, 0.1) is 20.8 Å². The van der Waals surface area contributed by atoms with E-state index in [0.29, 0.717) is 0 Å². The van der Waals surface area contributed by atoms with Crippen LogP contribution >= 0.6 is 11.8 Å². The van der Waals surface area contributed by atoms with Gasteiger partial charge in [0.1, 0.15) is 0 Å². The molecule has 0 spiro atoms. The highest BCUT2D eigenvalue weighted by Crippen LogP contribution is 2.34. The van der Waals surface area contributed by atoms with E-state index in [-0.39, 0.29) is 0 Å². The lowest BCUT2D eigenvalue weighted by Crippen LogP contribution is -2.12. The molecular weight excluding hydrogens is 408 g/mol. The van der Waals surface area contributed by atoms with Crippen LogP contribution < -0.4 is 0 Å². The van der Waals surface area contributed by atoms with E-state index in [0.717, 1.165) is 29.4 Å². The predicted molar refractivity (Wildman–Crippen MR) is 139 cm³/mol. The second-order valence-corrected chi connectivity index (χ2v) is 9.48. The SMILES string of the molecule is Cc1cc(C)c(N=C2C(=NCCSc3ccccc3)c3cccc4cccc2c34)c(C)c1. The Morgan fingerprint density at radius 2 is 1.38 bits per heavy atom. The Bertz CT molecular complexity index is 1340. The number of hydrogen-bond acceptors (Lipinski definition) is 3. The molecule has 1 aliphatic carbocycles. The fourth-order valence-electron chi connectivity index (χ4n) is 4.56. The minimum atomic E-state index is 0.754. The Balaban J connectivity index is 1.57. The summed E-state index contributed by atoms with van der Waals surface area (Å²) >= 11 is 1.84. The van der Waals surface area contributed by atoms with Gasteiger partial charge in [0.2, 0.25) is 0 Å². The Kier molecular flexibility index (Phi) is 5.67. The van der Waals surface area contributed by atoms with E-state index in [1.807, 2.05) is 11.8 Å². The van der Waals surface area contributed by atoms with Gasteiger partial charge in [-0.05, 0) is 49.4 Å². The zero-order chi connectivity index (χ0) is 22.1. The van der Waals surface area contributed by atoms with Crippen LogP contribution in [0.2, 0.25) is 0 Å². The Morgan fingerprint density at radius 3 is 2.06 bits per heavy atom. The number of aryl methyl sites for hydroxylation is 3. The molecule has 3 heteroatoms. The van der Waals surface area contributed by atoms with E-state index >= 15 is 0 Å². The van der Waals surface area contributed by atoms with E-state index in [9.17, 15) is 0 Å². The third-order valence-electron chi connectivity index (χ3n) is 5.87. The monoisotopic (exact) mass is 434 g/mol. The number of hydrogen-bond donors (Lipinski definition) is 0. The average Bonchev–Trinajstić information content (AvgIpc) is 3.09. The Morgan fingerprint density at radius 1 is 0.719 bits per heavy atom. The van der Waals surface area contributed by atoms with Crippen molar-refractivity contribution >= 4 is 39.6 Å². The molecule has 0 aliphatic heterocycles. The summed E-state index contributed by atoms with van der Waals surface area (Å²) in [6.07, 6.45) is 0. The molecule has 0 radical (unpaired) electrons. The van der Waals surface area contributed by atoms with Gasteiger partial charge in [-0.15, -0.1) is 11.8 Å². The molecule has 32 heavy (non-hydrogen) atoms. The number of thioether (sulfide) groups is 1.